The van der Waals surface area contributed by atoms with Crippen molar-refractivity contribution in [1.82, 2.24) is 0 Å². The van der Waals surface area contributed by atoms with E-state index in [1.807, 2.05) is 30.3 Å². The molecule has 0 aliphatic heterocycles. The van der Waals surface area contributed by atoms with Crippen LogP contribution in [0.5, 0.6) is 0 Å². The van der Waals surface area contributed by atoms with Gasteiger partial charge < -0.3 is 5.32 Å². The fraction of sp³-hybridized carbons (Fsp3) is 0.227. The molecule has 120 valence electrons. The maximum Gasteiger partial charge on any atom is 0.255 e. The van der Waals surface area contributed by atoms with Crippen LogP contribution < -0.4 is 5.32 Å². The average molecular weight is 315 g/mol. The Morgan fingerprint density at radius 3 is 2.33 bits per heavy atom. The third kappa shape index (κ3) is 2.48. The van der Waals surface area contributed by atoms with Crippen molar-refractivity contribution in [3.05, 3.63) is 76.9 Å². The Kier molecular flexibility index (Phi) is 3.61. The molecule has 2 heteroatoms. The van der Waals surface area contributed by atoms with Gasteiger partial charge in [-0.2, -0.15) is 0 Å². The van der Waals surface area contributed by atoms with Crippen molar-refractivity contribution in [2.24, 2.45) is 0 Å². The van der Waals surface area contributed by atoms with Crippen molar-refractivity contribution >= 4 is 22.4 Å². The van der Waals surface area contributed by atoms with Gasteiger partial charge in [-0.1, -0.05) is 50.2 Å². The summed E-state index contributed by atoms with van der Waals surface area (Å²) in [6.07, 6.45) is 2.20. The molecule has 0 bridgehead atoms. The lowest BCUT2D eigenvalue weighted by Crippen LogP contribution is -2.12. The number of hydrogen-bond donors (Lipinski definition) is 1. The zero-order valence-electron chi connectivity index (χ0n) is 14.1. The summed E-state index contributed by atoms with van der Waals surface area (Å²) >= 11 is 0. The van der Waals surface area contributed by atoms with Crippen LogP contribution in [0.15, 0.2) is 54.6 Å². The first kappa shape index (κ1) is 14.9. The second-order valence-electron chi connectivity index (χ2n) is 6.84. The second-order valence-corrected chi connectivity index (χ2v) is 6.84. The van der Waals surface area contributed by atoms with E-state index in [4.69, 9.17) is 0 Å². The van der Waals surface area contributed by atoms with E-state index in [0.29, 0.717) is 11.5 Å². The lowest BCUT2D eigenvalue weighted by Gasteiger charge is -2.11. The largest absolute Gasteiger partial charge is 0.321 e. The predicted octanol–water partition coefficient (Wildman–Crippen LogP) is 5.31. The first-order valence-electron chi connectivity index (χ1n) is 8.58. The SMILES string of the molecule is CC(C)c1ccc(C(=O)Nc2ccc3c4c(cccc24)CC3)cc1. The van der Waals surface area contributed by atoms with E-state index < -0.39 is 0 Å². The number of hydrogen-bond acceptors (Lipinski definition) is 1. The van der Waals surface area contributed by atoms with Crippen LogP contribution in [0.4, 0.5) is 5.69 Å². The van der Waals surface area contributed by atoms with E-state index in [9.17, 15) is 4.79 Å². The fourth-order valence-corrected chi connectivity index (χ4v) is 3.57. The molecule has 1 N–H and O–H groups in total. The van der Waals surface area contributed by atoms with Gasteiger partial charge in [-0.15, -0.1) is 0 Å². The zero-order valence-corrected chi connectivity index (χ0v) is 14.1. The van der Waals surface area contributed by atoms with Crippen LogP contribution in [0.1, 0.15) is 46.8 Å². The van der Waals surface area contributed by atoms with E-state index >= 15 is 0 Å². The minimum atomic E-state index is -0.0518. The minimum absolute atomic E-state index is 0.0518. The molecule has 1 amide bonds. The monoisotopic (exact) mass is 315 g/mol. The lowest BCUT2D eigenvalue weighted by atomic mass is 10.0. The Labute approximate surface area is 142 Å². The molecule has 0 atom stereocenters. The summed E-state index contributed by atoms with van der Waals surface area (Å²) in [5, 5.41) is 5.57. The molecule has 4 rings (SSSR count). The van der Waals surface area contributed by atoms with Crippen molar-refractivity contribution < 1.29 is 4.79 Å². The Morgan fingerprint density at radius 2 is 1.62 bits per heavy atom. The topological polar surface area (TPSA) is 29.1 Å². The Bertz CT molecular complexity index is 912. The summed E-state index contributed by atoms with van der Waals surface area (Å²) in [6, 6.07) is 18.4. The molecule has 3 aromatic rings. The Balaban J connectivity index is 1.66. The standard InChI is InChI=1S/C22H21NO/c1-14(2)15-6-10-18(11-7-15)22(24)23-20-13-12-17-9-8-16-4-3-5-19(20)21(16)17/h3-7,10-14H,8-9H2,1-2H3,(H,23,24). The van der Waals surface area contributed by atoms with Gasteiger partial charge in [0, 0.05) is 16.6 Å². The molecule has 2 nitrogen and oxygen atoms in total. The van der Waals surface area contributed by atoms with Crippen molar-refractivity contribution in [2.75, 3.05) is 5.32 Å². The molecule has 0 unspecified atom stereocenters. The van der Waals surface area contributed by atoms with E-state index in [0.717, 1.165) is 23.9 Å². The minimum Gasteiger partial charge on any atom is -0.321 e. The third-order valence-electron chi connectivity index (χ3n) is 4.96. The molecule has 1 aliphatic carbocycles. The number of anilines is 1. The van der Waals surface area contributed by atoms with E-state index in [-0.39, 0.29) is 5.91 Å². The maximum absolute atomic E-state index is 12.6. The van der Waals surface area contributed by atoms with Gasteiger partial charge in [0.05, 0.1) is 0 Å². The quantitative estimate of drug-likeness (QED) is 0.697. The summed E-state index contributed by atoms with van der Waals surface area (Å²) in [6.45, 7) is 4.31. The highest BCUT2D eigenvalue weighted by atomic mass is 16.1. The van der Waals surface area contributed by atoms with Crippen molar-refractivity contribution in [2.45, 2.75) is 32.6 Å². The fourth-order valence-electron chi connectivity index (χ4n) is 3.57. The number of rotatable bonds is 3. The molecular formula is C22H21NO. The third-order valence-corrected chi connectivity index (χ3v) is 4.96. The first-order valence-corrected chi connectivity index (χ1v) is 8.58. The van der Waals surface area contributed by atoms with Crippen LogP contribution in [-0.4, -0.2) is 5.91 Å². The molecule has 3 aromatic carbocycles. The van der Waals surface area contributed by atoms with Gasteiger partial charge in [0.2, 0.25) is 0 Å². The molecule has 1 aliphatic rings. The number of carbonyl (C=O) groups is 1. The summed E-state index contributed by atoms with van der Waals surface area (Å²) in [7, 11) is 0. The lowest BCUT2D eigenvalue weighted by molar-refractivity contribution is 0.102. The van der Waals surface area contributed by atoms with Gasteiger partial charge in [0.15, 0.2) is 0 Å². The summed E-state index contributed by atoms with van der Waals surface area (Å²) in [4.78, 5) is 12.6. The molecule has 0 fully saturated rings. The number of nitrogens with one attached hydrogen (secondary N) is 1. The van der Waals surface area contributed by atoms with Gasteiger partial charge >= 0.3 is 0 Å². The highest BCUT2D eigenvalue weighted by Crippen LogP contribution is 2.35. The maximum atomic E-state index is 12.6. The highest BCUT2D eigenvalue weighted by molar-refractivity contribution is 6.10. The number of aryl methyl sites for hydroxylation is 2. The van der Waals surface area contributed by atoms with Gasteiger partial charge in [-0.3, -0.25) is 4.79 Å². The number of benzene rings is 3. The van der Waals surface area contributed by atoms with Crippen LogP contribution in [0.2, 0.25) is 0 Å². The Morgan fingerprint density at radius 1 is 0.917 bits per heavy atom. The molecule has 0 heterocycles. The van der Waals surface area contributed by atoms with Gasteiger partial charge in [0.1, 0.15) is 0 Å². The van der Waals surface area contributed by atoms with E-state index in [2.05, 4.69) is 43.4 Å². The molecule has 0 radical (unpaired) electrons. The molecule has 0 saturated carbocycles. The summed E-state index contributed by atoms with van der Waals surface area (Å²) in [5.41, 5.74) is 5.62. The first-order chi connectivity index (χ1) is 11.6. The predicted molar refractivity (Wildman–Crippen MR) is 99.8 cm³/mol. The summed E-state index contributed by atoms with van der Waals surface area (Å²) < 4.78 is 0. The van der Waals surface area contributed by atoms with Crippen LogP contribution in [0.25, 0.3) is 10.8 Å². The van der Waals surface area contributed by atoms with Crippen LogP contribution >= 0.6 is 0 Å². The number of amides is 1. The molecule has 0 spiro atoms. The zero-order chi connectivity index (χ0) is 16.7. The number of carbonyl (C=O) groups excluding carboxylic acids is 1. The van der Waals surface area contributed by atoms with Gasteiger partial charge in [-0.25, -0.2) is 0 Å². The molecule has 0 saturated heterocycles. The summed E-state index contributed by atoms with van der Waals surface area (Å²) in [5.74, 6) is 0.419. The van der Waals surface area contributed by atoms with Crippen LogP contribution in [0, 0.1) is 0 Å². The van der Waals surface area contributed by atoms with Crippen molar-refractivity contribution in [3.8, 4) is 0 Å². The van der Waals surface area contributed by atoms with E-state index in [1.54, 1.807) is 0 Å². The van der Waals surface area contributed by atoms with Crippen molar-refractivity contribution in [3.63, 3.8) is 0 Å². The Hall–Kier alpha value is -2.61. The molecule has 24 heavy (non-hydrogen) atoms. The molecular weight excluding hydrogens is 294 g/mol. The van der Waals surface area contributed by atoms with Crippen LogP contribution in [-0.2, 0) is 12.8 Å². The van der Waals surface area contributed by atoms with E-state index in [1.165, 1.54) is 22.1 Å². The average Bonchev–Trinajstić information content (AvgIpc) is 3.02. The normalized spacial score (nSPS) is 12.8. The van der Waals surface area contributed by atoms with Crippen LogP contribution in [0.3, 0.4) is 0 Å². The van der Waals surface area contributed by atoms with Gasteiger partial charge in [-0.05, 0) is 59.0 Å². The smallest absolute Gasteiger partial charge is 0.255 e. The highest BCUT2D eigenvalue weighted by Gasteiger charge is 2.17. The van der Waals surface area contributed by atoms with Gasteiger partial charge in [0.25, 0.3) is 5.91 Å². The second kappa shape index (κ2) is 5.79. The molecule has 0 aromatic heterocycles. The van der Waals surface area contributed by atoms with Crippen molar-refractivity contribution in [1.29, 1.82) is 0 Å².